The first-order valence-electron chi connectivity index (χ1n) is 14.2. The van der Waals surface area contributed by atoms with Gasteiger partial charge in [-0.15, -0.1) is 0 Å². The number of guanidine groups is 1. The Morgan fingerprint density at radius 3 is 2.35 bits per heavy atom. The van der Waals surface area contributed by atoms with Gasteiger partial charge in [0.15, 0.2) is 5.96 Å². The molecule has 0 spiro atoms. The van der Waals surface area contributed by atoms with Gasteiger partial charge in [0.05, 0.1) is 18.7 Å². The number of hydrogen-bond donors (Lipinski definition) is 14. The maximum Gasteiger partial charge on any atom is 0.316 e. The average molecular weight is 655 g/mol. The van der Waals surface area contributed by atoms with Crippen molar-refractivity contribution in [2.45, 2.75) is 55.5 Å². The largest absolute Gasteiger partial charge is 0.394 e. The number of nitrogens with two attached hydrogens (primary N) is 5. The van der Waals surface area contributed by atoms with Crippen molar-refractivity contribution in [2.24, 2.45) is 33.7 Å². The molecule has 1 fully saturated rings. The number of aliphatic hydroxyl groups is 1. The summed E-state index contributed by atoms with van der Waals surface area (Å²) in [7, 11) is 0. The van der Waals surface area contributed by atoms with E-state index in [-0.39, 0.29) is 31.9 Å². The summed E-state index contributed by atoms with van der Waals surface area (Å²) in [6.45, 7) is -1.51. The zero-order chi connectivity index (χ0) is 34.4. The Labute approximate surface area is 262 Å². The fraction of sp³-hybridized carbons (Fsp3) is 0.583. The zero-order valence-corrected chi connectivity index (χ0v) is 24.8. The molecule has 19 N–H and O–H groups in total. The lowest BCUT2D eigenvalue weighted by Gasteiger charge is -2.31. The maximum absolute atomic E-state index is 13.4. The summed E-state index contributed by atoms with van der Waals surface area (Å²) in [6, 6.07) is -9.04. The molecular weight excluding hydrogens is 612 g/mol. The van der Waals surface area contributed by atoms with E-state index < -0.39 is 103 Å². The van der Waals surface area contributed by atoms with E-state index in [2.05, 4.69) is 42.2 Å². The molecule has 0 saturated carbocycles. The number of carbonyl (C=O) groups excluding carboxylic acids is 7. The quantitative estimate of drug-likeness (QED) is 0.103. The molecular formula is C24H42N14O8. The lowest BCUT2D eigenvalue weighted by Crippen LogP contribution is -2.64. The minimum Gasteiger partial charge on any atom is -0.394 e. The summed E-state index contributed by atoms with van der Waals surface area (Å²) in [5, 5.41) is 28.6. The van der Waals surface area contributed by atoms with Crippen LogP contribution in [0, 0.1) is 0 Å². The smallest absolute Gasteiger partial charge is 0.316 e. The lowest BCUT2D eigenvalue weighted by atomic mass is 10.0. The maximum atomic E-state index is 13.4. The van der Waals surface area contributed by atoms with E-state index in [4.69, 9.17) is 28.7 Å². The third-order valence-electron chi connectivity index (χ3n) is 6.71. The number of hydrogen-bond acceptors (Lipinski definition) is 14. The molecule has 2 heterocycles. The molecule has 46 heavy (non-hydrogen) atoms. The van der Waals surface area contributed by atoms with Crippen LogP contribution in [0.5, 0.6) is 0 Å². The number of rotatable bonds is 9. The van der Waals surface area contributed by atoms with Crippen molar-refractivity contribution < 1.29 is 38.7 Å². The van der Waals surface area contributed by atoms with Crippen LogP contribution in [0.15, 0.2) is 16.9 Å². The van der Waals surface area contributed by atoms with E-state index in [1.807, 2.05) is 5.32 Å². The van der Waals surface area contributed by atoms with Crippen molar-refractivity contribution in [1.29, 1.82) is 0 Å². The van der Waals surface area contributed by atoms with Crippen LogP contribution >= 0.6 is 0 Å². The van der Waals surface area contributed by atoms with Crippen LogP contribution in [0.1, 0.15) is 19.3 Å². The fourth-order valence-electron chi connectivity index (χ4n) is 4.14. The molecule has 2 aliphatic heterocycles. The Hall–Kier alpha value is -5.06. The number of primary amides is 1. The van der Waals surface area contributed by atoms with Gasteiger partial charge in [0.1, 0.15) is 29.9 Å². The van der Waals surface area contributed by atoms with Crippen LogP contribution in [0.3, 0.4) is 0 Å². The van der Waals surface area contributed by atoms with Crippen molar-refractivity contribution in [3.63, 3.8) is 0 Å². The molecule has 0 aromatic heterocycles. The van der Waals surface area contributed by atoms with E-state index in [0.717, 1.165) is 6.20 Å². The number of aliphatic imine (C=N–C) groups is 1. The molecule has 22 heteroatoms. The molecule has 0 bridgehead atoms. The van der Waals surface area contributed by atoms with Gasteiger partial charge in [-0.2, -0.15) is 0 Å². The predicted molar refractivity (Wildman–Crippen MR) is 160 cm³/mol. The van der Waals surface area contributed by atoms with Crippen molar-refractivity contribution in [1.82, 2.24) is 42.5 Å². The second-order valence-electron chi connectivity index (χ2n) is 10.3. The van der Waals surface area contributed by atoms with Crippen molar-refractivity contribution in [2.75, 3.05) is 32.8 Å². The molecule has 2 aliphatic rings. The molecule has 0 aromatic carbocycles. The van der Waals surface area contributed by atoms with E-state index in [1.54, 1.807) is 0 Å². The fourth-order valence-corrected chi connectivity index (χ4v) is 4.14. The van der Waals surface area contributed by atoms with Gasteiger partial charge in [0, 0.05) is 25.8 Å². The van der Waals surface area contributed by atoms with Crippen LogP contribution in [0.4, 0.5) is 4.79 Å². The predicted octanol–water partition coefficient (Wildman–Crippen LogP) is -8.62. The highest BCUT2D eigenvalue weighted by Crippen LogP contribution is 2.07. The lowest BCUT2D eigenvalue weighted by molar-refractivity contribution is -0.134. The molecule has 22 nitrogen and oxygen atoms in total. The average Bonchev–Trinajstić information content (AvgIpc) is 3.02. The number of nitrogens with one attached hydrogen (secondary N) is 8. The van der Waals surface area contributed by atoms with Crippen LogP contribution in [0.25, 0.3) is 0 Å². The Kier molecular flexibility index (Phi) is 14.6. The summed E-state index contributed by atoms with van der Waals surface area (Å²) in [5.41, 5.74) is 27.4. The van der Waals surface area contributed by atoms with Crippen LogP contribution in [-0.4, -0.2) is 122 Å². The van der Waals surface area contributed by atoms with Gasteiger partial charge in [0.25, 0.3) is 5.91 Å². The van der Waals surface area contributed by atoms with Gasteiger partial charge in [0.2, 0.25) is 29.5 Å². The monoisotopic (exact) mass is 654 g/mol. The first-order valence-corrected chi connectivity index (χ1v) is 14.2. The summed E-state index contributed by atoms with van der Waals surface area (Å²) < 4.78 is 0. The van der Waals surface area contributed by atoms with Crippen LogP contribution in [0.2, 0.25) is 0 Å². The molecule has 8 amide bonds. The first kappa shape index (κ1) is 37.1. The summed E-state index contributed by atoms with van der Waals surface area (Å²) in [4.78, 5) is 93.7. The first-order chi connectivity index (χ1) is 21.8. The highest BCUT2D eigenvalue weighted by Gasteiger charge is 2.35. The Morgan fingerprint density at radius 1 is 1.02 bits per heavy atom. The van der Waals surface area contributed by atoms with Crippen LogP contribution < -0.4 is 71.2 Å². The zero-order valence-electron chi connectivity index (χ0n) is 24.8. The second-order valence-corrected chi connectivity index (χ2v) is 10.3. The van der Waals surface area contributed by atoms with E-state index in [1.165, 1.54) is 0 Å². The Bertz CT molecular complexity index is 1230. The summed E-state index contributed by atoms with van der Waals surface area (Å²) in [5.74, 6) is -5.78. The van der Waals surface area contributed by atoms with E-state index >= 15 is 0 Å². The van der Waals surface area contributed by atoms with Gasteiger partial charge >= 0.3 is 6.03 Å². The third kappa shape index (κ3) is 11.5. The SMILES string of the molecule is NCCC[C@H](N)C(=O)NC[C@@H]1NC(=O)[C@H](CO)NC(=O)[C@@H](N)CNC(=O)[C@H](C2CCN=C(N)N2)NC(=O)/C(=C/NC(N)=O)NC1=O. The van der Waals surface area contributed by atoms with Crippen molar-refractivity contribution >= 4 is 47.4 Å². The Morgan fingerprint density at radius 2 is 1.72 bits per heavy atom. The van der Waals surface area contributed by atoms with Crippen molar-refractivity contribution in [3.8, 4) is 0 Å². The standard InChI is InChI=1S/C24H42N14O8/c25-4-1-2-10(26)17(40)32-7-13-19(42)34-14(8-33-24(29)46)20(43)38-16(12-3-5-30-23(28)37-12)22(45)31-6-11(27)18(41)36-15(9-39)21(44)35-13/h8,10-13,15-16,39H,1-7,9,25-27H2,(H,31,45)(H,32,40)(H,34,42)(H,35,44)(H,36,41)(H,38,43)(H3,28,30,37)(H3,29,33,46)/b14-8-/t10-,11-,12?,13-,15-,16-/m0/s1. The molecule has 1 saturated heterocycles. The van der Waals surface area contributed by atoms with E-state index in [9.17, 15) is 38.7 Å². The summed E-state index contributed by atoms with van der Waals surface area (Å²) in [6.07, 6.45) is 1.61. The van der Waals surface area contributed by atoms with E-state index in [0.29, 0.717) is 6.42 Å². The van der Waals surface area contributed by atoms with Gasteiger partial charge < -0.3 is 76.3 Å². The number of urea groups is 1. The van der Waals surface area contributed by atoms with Gasteiger partial charge in [-0.25, -0.2) is 4.79 Å². The third-order valence-corrected chi connectivity index (χ3v) is 6.71. The highest BCUT2D eigenvalue weighted by atomic mass is 16.3. The molecule has 256 valence electrons. The molecule has 0 aliphatic carbocycles. The van der Waals surface area contributed by atoms with Gasteiger partial charge in [-0.05, 0) is 25.8 Å². The normalized spacial score (nSPS) is 26.6. The summed E-state index contributed by atoms with van der Waals surface area (Å²) >= 11 is 0. The van der Waals surface area contributed by atoms with Crippen molar-refractivity contribution in [3.05, 3.63) is 11.9 Å². The van der Waals surface area contributed by atoms with Crippen LogP contribution in [-0.2, 0) is 28.8 Å². The number of amides is 8. The number of carbonyl (C=O) groups is 7. The second kappa shape index (κ2) is 18.0. The number of nitrogens with zero attached hydrogens (tertiary/aromatic N) is 1. The molecule has 0 radical (unpaired) electrons. The number of aliphatic hydroxyl groups excluding tert-OH is 1. The minimum absolute atomic E-state index is 0.0144. The van der Waals surface area contributed by atoms with Gasteiger partial charge in [-0.3, -0.25) is 33.8 Å². The molecule has 1 unspecified atom stereocenters. The molecule has 6 atom stereocenters. The minimum atomic E-state index is -1.65. The molecule has 2 rings (SSSR count). The molecule has 0 aromatic rings. The highest BCUT2D eigenvalue weighted by molar-refractivity contribution is 6.02. The topological polar surface area (TPSA) is 378 Å². The van der Waals surface area contributed by atoms with Gasteiger partial charge in [-0.1, -0.05) is 0 Å². The Balaban J connectivity index is 2.49.